The van der Waals surface area contributed by atoms with Gasteiger partial charge in [0.15, 0.2) is 17.3 Å². The number of nitrogens with one attached hydrogen (secondary N) is 1. The number of anilines is 2. The Kier molecular flexibility index (Phi) is 4.85. The van der Waals surface area contributed by atoms with Crippen molar-refractivity contribution in [1.82, 2.24) is 14.5 Å². The van der Waals surface area contributed by atoms with Crippen LogP contribution in [0, 0.1) is 0 Å². The number of amides is 2. The highest BCUT2D eigenvalue weighted by atomic mass is 16.7. The lowest BCUT2D eigenvalue weighted by molar-refractivity contribution is 0.174. The average molecular weight is 421 g/mol. The number of piperazine rings is 1. The molecule has 5 rings (SSSR count). The largest absolute Gasteiger partial charge is 0.454 e. The summed E-state index contributed by atoms with van der Waals surface area (Å²) in [6.45, 7) is 4.80. The van der Waals surface area contributed by atoms with Gasteiger partial charge in [-0.1, -0.05) is 12.1 Å². The molecular formula is C22H23N5O4. The summed E-state index contributed by atoms with van der Waals surface area (Å²) in [5, 5.41) is 2.90. The topological polar surface area (TPSA) is 88.9 Å². The summed E-state index contributed by atoms with van der Waals surface area (Å²) >= 11 is 0. The number of fused-ring (bicyclic) bond motifs is 2. The zero-order valence-electron chi connectivity index (χ0n) is 17.2. The zero-order chi connectivity index (χ0) is 21.4. The van der Waals surface area contributed by atoms with Gasteiger partial charge in [0.1, 0.15) is 0 Å². The summed E-state index contributed by atoms with van der Waals surface area (Å²) in [4.78, 5) is 34.0. The molecule has 31 heavy (non-hydrogen) atoms. The Bertz CT molecular complexity index is 1200. The summed E-state index contributed by atoms with van der Waals surface area (Å²) in [6.07, 6.45) is 0. The van der Waals surface area contributed by atoms with Crippen molar-refractivity contribution in [2.24, 2.45) is 0 Å². The van der Waals surface area contributed by atoms with Gasteiger partial charge in [0.25, 0.3) is 5.56 Å². The van der Waals surface area contributed by atoms with E-state index in [1.807, 2.05) is 36.1 Å². The maximum absolute atomic E-state index is 13.0. The normalized spacial score (nSPS) is 15.4. The lowest BCUT2D eigenvalue weighted by atomic mass is 10.2. The number of urea groups is 1. The quantitative estimate of drug-likeness (QED) is 0.699. The van der Waals surface area contributed by atoms with Gasteiger partial charge in [0.2, 0.25) is 6.79 Å². The number of hydrogen-bond acceptors (Lipinski definition) is 6. The van der Waals surface area contributed by atoms with Crippen molar-refractivity contribution >= 4 is 28.6 Å². The van der Waals surface area contributed by atoms with Gasteiger partial charge in [0, 0.05) is 44.5 Å². The summed E-state index contributed by atoms with van der Waals surface area (Å²) in [7, 11) is 0. The second kappa shape index (κ2) is 7.82. The monoisotopic (exact) mass is 421 g/mol. The molecule has 1 saturated heterocycles. The Morgan fingerprint density at radius 1 is 1.06 bits per heavy atom. The first-order valence-corrected chi connectivity index (χ1v) is 10.3. The highest BCUT2D eigenvalue weighted by Crippen LogP contribution is 2.34. The van der Waals surface area contributed by atoms with Gasteiger partial charge in [-0.25, -0.2) is 9.78 Å². The summed E-state index contributed by atoms with van der Waals surface area (Å²) in [5.41, 5.74) is 2.18. The number of ether oxygens (including phenoxy) is 2. The lowest BCUT2D eigenvalue weighted by Gasteiger charge is -2.35. The molecule has 2 aliphatic heterocycles. The summed E-state index contributed by atoms with van der Waals surface area (Å²) < 4.78 is 12.4. The average Bonchev–Trinajstić information content (AvgIpc) is 3.27. The second-order valence-electron chi connectivity index (χ2n) is 7.45. The molecule has 160 valence electrons. The Labute approximate surface area is 178 Å². The van der Waals surface area contributed by atoms with E-state index in [-0.39, 0.29) is 18.4 Å². The van der Waals surface area contributed by atoms with E-state index in [9.17, 15) is 9.59 Å². The highest BCUT2D eigenvalue weighted by Gasteiger charge is 2.25. The van der Waals surface area contributed by atoms with Crippen LogP contribution in [-0.4, -0.2) is 53.5 Å². The third-order valence-electron chi connectivity index (χ3n) is 5.64. The van der Waals surface area contributed by atoms with Crippen LogP contribution in [0.4, 0.5) is 16.3 Å². The zero-order valence-corrected chi connectivity index (χ0v) is 17.2. The van der Waals surface area contributed by atoms with Crippen LogP contribution in [0.5, 0.6) is 11.5 Å². The first-order chi connectivity index (χ1) is 15.1. The van der Waals surface area contributed by atoms with Gasteiger partial charge in [-0.05, 0) is 31.2 Å². The molecule has 9 heteroatoms. The molecule has 1 aromatic heterocycles. The second-order valence-corrected chi connectivity index (χ2v) is 7.45. The first-order valence-electron chi connectivity index (χ1n) is 10.3. The van der Waals surface area contributed by atoms with Gasteiger partial charge in [-0.3, -0.25) is 4.79 Å². The predicted octanol–water partition coefficient (Wildman–Crippen LogP) is 2.50. The van der Waals surface area contributed by atoms with E-state index in [1.165, 1.54) is 0 Å². The molecule has 2 amide bonds. The number of para-hydroxylation sites is 2. The molecule has 0 aliphatic carbocycles. The third kappa shape index (κ3) is 3.52. The Hall–Kier alpha value is -3.75. The van der Waals surface area contributed by atoms with Crippen molar-refractivity contribution in [1.29, 1.82) is 0 Å². The minimum atomic E-state index is -0.184. The number of carbonyl (C=O) groups is 1. The minimum absolute atomic E-state index is 0.0977. The third-order valence-corrected chi connectivity index (χ3v) is 5.64. The summed E-state index contributed by atoms with van der Waals surface area (Å²) in [5.74, 6) is 1.74. The smallest absolute Gasteiger partial charge is 0.321 e. The molecule has 0 bridgehead atoms. The van der Waals surface area contributed by atoms with Crippen LogP contribution in [0.15, 0.2) is 47.3 Å². The molecule has 0 atom stereocenters. The van der Waals surface area contributed by atoms with Crippen LogP contribution in [0.2, 0.25) is 0 Å². The molecule has 1 N–H and O–H groups in total. The predicted molar refractivity (Wildman–Crippen MR) is 117 cm³/mol. The molecule has 0 unspecified atom stereocenters. The standard InChI is InChI=1S/C22H23N5O4/c1-2-27-17-6-4-3-5-16(17)24-20(21(27)28)25-9-11-26(12-10-25)22(29)23-15-7-8-18-19(13-15)31-14-30-18/h3-8,13H,2,9-12,14H2,1H3,(H,23,29). The van der Waals surface area contributed by atoms with Crippen molar-refractivity contribution in [3.8, 4) is 11.5 Å². The van der Waals surface area contributed by atoms with Crippen molar-refractivity contribution in [2.45, 2.75) is 13.5 Å². The number of aromatic nitrogens is 2. The molecule has 9 nitrogen and oxygen atoms in total. The molecule has 2 aromatic carbocycles. The maximum atomic E-state index is 13.0. The fraction of sp³-hybridized carbons (Fsp3) is 0.318. The number of benzene rings is 2. The molecule has 0 radical (unpaired) electrons. The van der Waals surface area contributed by atoms with Crippen LogP contribution in [0.1, 0.15) is 6.92 Å². The van der Waals surface area contributed by atoms with Crippen molar-refractivity contribution < 1.29 is 14.3 Å². The van der Waals surface area contributed by atoms with E-state index >= 15 is 0 Å². The Morgan fingerprint density at radius 3 is 2.65 bits per heavy atom. The van der Waals surface area contributed by atoms with Gasteiger partial charge < -0.3 is 29.2 Å². The molecule has 0 saturated carbocycles. The van der Waals surface area contributed by atoms with Crippen LogP contribution < -0.4 is 25.2 Å². The van der Waals surface area contributed by atoms with Gasteiger partial charge in [0.05, 0.1) is 11.0 Å². The lowest BCUT2D eigenvalue weighted by Crippen LogP contribution is -2.51. The molecule has 1 fully saturated rings. The van der Waals surface area contributed by atoms with E-state index in [0.29, 0.717) is 55.7 Å². The van der Waals surface area contributed by atoms with E-state index in [0.717, 1.165) is 11.0 Å². The first kappa shape index (κ1) is 19.2. The molecule has 2 aliphatic rings. The van der Waals surface area contributed by atoms with E-state index in [2.05, 4.69) is 10.3 Å². The highest BCUT2D eigenvalue weighted by molar-refractivity contribution is 5.90. The SMILES string of the molecule is CCn1c(=O)c(N2CCN(C(=O)Nc3ccc4c(c3)OCO4)CC2)nc2ccccc21. The number of carbonyl (C=O) groups excluding carboxylic acids is 1. The molecule has 0 spiro atoms. The van der Waals surface area contributed by atoms with Crippen molar-refractivity contribution in [3.05, 3.63) is 52.8 Å². The van der Waals surface area contributed by atoms with Crippen LogP contribution in [0.25, 0.3) is 11.0 Å². The van der Waals surface area contributed by atoms with Crippen LogP contribution >= 0.6 is 0 Å². The molecular weight excluding hydrogens is 398 g/mol. The maximum Gasteiger partial charge on any atom is 0.321 e. The number of nitrogens with zero attached hydrogens (tertiary/aromatic N) is 4. The summed E-state index contributed by atoms with van der Waals surface area (Å²) in [6, 6.07) is 12.8. The van der Waals surface area contributed by atoms with Gasteiger partial charge in [-0.15, -0.1) is 0 Å². The van der Waals surface area contributed by atoms with E-state index < -0.39 is 0 Å². The van der Waals surface area contributed by atoms with Crippen molar-refractivity contribution in [2.75, 3.05) is 43.2 Å². The fourth-order valence-electron chi connectivity index (χ4n) is 4.00. The number of aryl methyl sites for hydroxylation is 1. The van der Waals surface area contributed by atoms with E-state index in [1.54, 1.807) is 27.7 Å². The van der Waals surface area contributed by atoms with E-state index in [4.69, 9.17) is 9.47 Å². The number of rotatable bonds is 3. The number of hydrogen-bond donors (Lipinski definition) is 1. The van der Waals surface area contributed by atoms with Gasteiger partial charge >= 0.3 is 6.03 Å². The molecule has 3 heterocycles. The Balaban J connectivity index is 1.29. The Morgan fingerprint density at radius 2 is 1.84 bits per heavy atom. The fourth-order valence-corrected chi connectivity index (χ4v) is 4.00. The van der Waals surface area contributed by atoms with Gasteiger partial charge in [-0.2, -0.15) is 0 Å². The van der Waals surface area contributed by atoms with Crippen LogP contribution in [0.3, 0.4) is 0 Å². The van der Waals surface area contributed by atoms with Crippen molar-refractivity contribution in [3.63, 3.8) is 0 Å². The molecule has 3 aromatic rings. The minimum Gasteiger partial charge on any atom is -0.454 e. The van der Waals surface area contributed by atoms with Crippen LogP contribution in [-0.2, 0) is 6.54 Å².